The van der Waals surface area contributed by atoms with Crippen molar-refractivity contribution < 1.29 is 23.8 Å². The van der Waals surface area contributed by atoms with Crippen molar-refractivity contribution in [3.05, 3.63) is 146 Å². The Labute approximate surface area is 393 Å². The van der Waals surface area contributed by atoms with Crippen molar-refractivity contribution in [2.75, 3.05) is 19.8 Å². The second-order valence-corrected chi connectivity index (χ2v) is 15.9. The number of allylic oxidation sites excluding steroid dienone is 24. The van der Waals surface area contributed by atoms with Gasteiger partial charge in [-0.1, -0.05) is 199 Å². The average Bonchev–Trinajstić information content (AvgIpc) is 3.30. The predicted octanol–water partition coefficient (Wildman–Crippen LogP) is 17.3. The van der Waals surface area contributed by atoms with E-state index in [-0.39, 0.29) is 31.6 Å². The number of esters is 2. The van der Waals surface area contributed by atoms with E-state index in [4.69, 9.17) is 14.2 Å². The average molecular weight is 881 g/mol. The largest absolute Gasteiger partial charge is 0.462 e. The lowest BCUT2D eigenvalue weighted by Gasteiger charge is -2.18. The minimum Gasteiger partial charge on any atom is -0.462 e. The second-order valence-electron chi connectivity index (χ2n) is 15.9. The van der Waals surface area contributed by atoms with E-state index in [2.05, 4.69) is 161 Å². The summed E-state index contributed by atoms with van der Waals surface area (Å²) in [4.78, 5) is 25.3. The second kappa shape index (κ2) is 53.1. The summed E-state index contributed by atoms with van der Waals surface area (Å²) in [6.45, 7) is 7.34. The van der Waals surface area contributed by atoms with Gasteiger partial charge in [0.15, 0.2) is 6.10 Å². The molecule has 0 aliphatic heterocycles. The molecule has 64 heavy (non-hydrogen) atoms. The van der Waals surface area contributed by atoms with E-state index in [0.29, 0.717) is 19.4 Å². The summed E-state index contributed by atoms with van der Waals surface area (Å²) in [7, 11) is 0. The Balaban J connectivity index is 4.48. The Morgan fingerprint density at radius 2 is 0.734 bits per heavy atom. The van der Waals surface area contributed by atoms with Gasteiger partial charge < -0.3 is 14.2 Å². The summed E-state index contributed by atoms with van der Waals surface area (Å²) < 4.78 is 17.2. The van der Waals surface area contributed by atoms with Gasteiger partial charge in [0.1, 0.15) is 6.61 Å². The van der Waals surface area contributed by atoms with Crippen molar-refractivity contribution in [1.82, 2.24) is 0 Å². The maximum Gasteiger partial charge on any atom is 0.306 e. The van der Waals surface area contributed by atoms with Crippen LogP contribution in [-0.4, -0.2) is 37.9 Å². The lowest BCUT2D eigenvalue weighted by Crippen LogP contribution is -2.30. The summed E-state index contributed by atoms with van der Waals surface area (Å²) in [6.07, 6.45) is 77.3. The van der Waals surface area contributed by atoms with E-state index < -0.39 is 6.10 Å². The van der Waals surface area contributed by atoms with E-state index in [1.807, 2.05) is 6.08 Å². The molecule has 1 unspecified atom stereocenters. The molecule has 5 heteroatoms. The molecule has 0 saturated carbocycles. The molecular weight excluding hydrogens is 789 g/mol. The molecule has 0 aromatic rings. The van der Waals surface area contributed by atoms with Crippen molar-refractivity contribution in [3.8, 4) is 0 Å². The van der Waals surface area contributed by atoms with Gasteiger partial charge in [-0.3, -0.25) is 9.59 Å². The van der Waals surface area contributed by atoms with Gasteiger partial charge in [-0.25, -0.2) is 0 Å². The first-order valence-corrected chi connectivity index (χ1v) is 25.4. The summed E-state index contributed by atoms with van der Waals surface area (Å²) in [6, 6.07) is 0. The van der Waals surface area contributed by atoms with Crippen LogP contribution in [0.25, 0.3) is 0 Å². The Morgan fingerprint density at radius 3 is 1.20 bits per heavy atom. The number of unbranched alkanes of at least 4 members (excludes halogenated alkanes) is 9. The lowest BCUT2D eigenvalue weighted by molar-refractivity contribution is -0.162. The first-order chi connectivity index (χ1) is 31.6. The number of ether oxygens (including phenoxy) is 3. The van der Waals surface area contributed by atoms with Crippen LogP contribution in [-0.2, 0) is 23.8 Å². The maximum absolute atomic E-state index is 12.8. The van der Waals surface area contributed by atoms with Crippen LogP contribution in [0.15, 0.2) is 146 Å². The molecule has 0 aliphatic carbocycles. The Morgan fingerprint density at radius 1 is 0.359 bits per heavy atom. The fourth-order valence-corrected chi connectivity index (χ4v) is 6.13. The fourth-order valence-electron chi connectivity index (χ4n) is 6.13. The zero-order valence-corrected chi connectivity index (χ0v) is 41.0. The molecule has 0 radical (unpaired) electrons. The van der Waals surface area contributed by atoms with Crippen LogP contribution in [0.5, 0.6) is 0 Å². The molecular formula is C59H92O5. The number of rotatable bonds is 44. The van der Waals surface area contributed by atoms with Crippen molar-refractivity contribution in [2.45, 2.75) is 194 Å². The van der Waals surface area contributed by atoms with Crippen LogP contribution in [0.4, 0.5) is 0 Å². The third-order valence-electron chi connectivity index (χ3n) is 9.85. The highest BCUT2D eigenvalue weighted by Gasteiger charge is 2.17. The van der Waals surface area contributed by atoms with Crippen LogP contribution in [0, 0.1) is 0 Å². The Kier molecular flexibility index (Phi) is 49.6. The van der Waals surface area contributed by atoms with E-state index in [0.717, 1.165) is 116 Å². The van der Waals surface area contributed by atoms with Crippen molar-refractivity contribution in [2.24, 2.45) is 0 Å². The van der Waals surface area contributed by atoms with Crippen LogP contribution in [0.1, 0.15) is 188 Å². The zero-order valence-electron chi connectivity index (χ0n) is 41.0. The van der Waals surface area contributed by atoms with Crippen LogP contribution in [0.2, 0.25) is 0 Å². The maximum atomic E-state index is 12.8. The SMILES string of the molecule is CC/C=C\C/C=C\C/C=C\C/C=C\C/C=C\C/C=C\CCC(=O)OCC(COCCCC/C=C\C/C=C\C/C=C\C/C=C\C/C=C\CC)OC(=O)CCCCCCC/C=C\CCCC. The molecule has 0 N–H and O–H groups in total. The van der Waals surface area contributed by atoms with Crippen LogP contribution < -0.4 is 0 Å². The number of carbonyl (C=O) groups is 2. The molecule has 0 bridgehead atoms. The topological polar surface area (TPSA) is 61.8 Å². The highest BCUT2D eigenvalue weighted by Crippen LogP contribution is 2.11. The third kappa shape index (κ3) is 50.4. The normalized spacial score (nSPS) is 13.5. The van der Waals surface area contributed by atoms with Crippen molar-refractivity contribution >= 4 is 11.9 Å². The summed E-state index contributed by atoms with van der Waals surface area (Å²) in [5, 5.41) is 0. The van der Waals surface area contributed by atoms with Gasteiger partial charge in [-0.15, -0.1) is 0 Å². The smallest absolute Gasteiger partial charge is 0.306 e. The summed E-state index contributed by atoms with van der Waals surface area (Å²) in [5.41, 5.74) is 0. The molecule has 0 aliphatic rings. The molecule has 0 aromatic heterocycles. The summed E-state index contributed by atoms with van der Waals surface area (Å²) in [5.74, 6) is -0.544. The van der Waals surface area contributed by atoms with Gasteiger partial charge in [-0.2, -0.15) is 0 Å². The number of carbonyl (C=O) groups excluding carboxylic acids is 2. The number of hydrogen-bond acceptors (Lipinski definition) is 5. The fraction of sp³-hybridized carbons (Fsp3) is 0.559. The lowest BCUT2D eigenvalue weighted by atomic mass is 10.1. The van der Waals surface area contributed by atoms with Crippen molar-refractivity contribution in [1.29, 1.82) is 0 Å². The monoisotopic (exact) mass is 881 g/mol. The van der Waals surface area contributed by atoms with E-state index in [1.54, 1.807) is 0 Å². The van der Waals surface area contributed by atoms with E-state index in [9.17, 15) is 9.59 Å². The Hall–Kier alpha value is -4.22. The number of hydrogen-bond donors (Lipinski definition) is 0. The third-order valence-corrected chi connectivity index (χ3v) is 9.85. The molecule has 0 rings (SSSR count). The summed E-state index contributed by atoms with van der Waals surface area (Å²) >= 11 is 0. The van der Waals surface area contributed by atoms with Gasteiger partial charge in [0.25, 0.3) is 0 Å². The highest BCUT2D eigenvalue weighted by atomic mass is 16.6. The first kappa shape index (κ1) is 59.8. The minimum atomic E-state index is -0.604. The zero-order chi connectivity index (χ0) is 46.3. The minimum absolute atomic E-state index is 0.0140. The Bertz CT molecular complexity index is 1410. The molecule has 358 valence electrons. The molecule has 0 saturated heterocycles. The molecule has 0 fully saturated rings. The van der Waals surface area contributed by atoms with E-state index in [1.165, 1.54) is 32.1 Å². The highest BCUT2D eigenvalue weighted by molar-refractivity contribution is 5.70. The molecule has 0 amide bonds. The van der Waals surface area contributed by atoms with Gasteiger partial charge >= 0.3 is 11.9 Å². The van der Waals surface area contributed by atoms with Gasteiger partial charge in [-0.05, 0) is 122 Å². The predicted molar refractivity (Wildman–Crippen MR) is 278 cm³/mol. The van der Waals surface area contributed by atoms with Gasteiger partial charge in [0.2, 0.25) is 0 Å². The van der Waals surface area contributed by atoms with Crippen LogP contribution >= 0.6 is 0 Å². The molecule has 0 spiro atoms. The molecule has 0 aromatic carbocycles. The van der Waals surface area contributed by atoms with Gasteiger partial charge in [0.05, 0.1) is 6.61 Å². The standard InChI is InChI=1S/C59H92O5/c1-4-7-10-13-16-19-22-24-26-28-30-31-33-35-38-40-43-46-49-52-58(60)63-56-57(64-59(61)53-50-47-44-41-37-21-18-15-12-9-6-3)55-62-54-51-48-45-42-39-36-34-32-29-27-25-23-20-17-14-11-8-5-2/h7-8,10-11,15-20,24-27,30-32,34-35,38-39,42-43,46,57H,4-6,9,12-14,21-23,28-29,33,36-37,40-41,44-45,47-56H2,1-3H3/b10-7-,11-8-,18-15-,19-16-,20-17-,26-24-,27-25-,31-30-,34-32-,38-35-,42-39-,46-43-. The first-order valence-electron chi connectivity index (χ1n) is 25.4. The quantitative estimate of drug-likeness (QED) is 0.0347. The van der Waals surface area contributed by atoms with Crippen LogP contribution in [0.3, 0.4) is 0 Å². The van der Waals surface area contributed by atoms with Crippen molar-refractivity contribution in [3.63, 3.8) is 0 Å². The van der Waals surface area contributed by atoms with E-state index >= 15 is 0 Å². The molecule has 5 nitrogen and oxygen atoms in total. The molecule has 1 atom stereocenters. The van der Waals surface area contributed by atoms with Gasteiger partial charge in [0, 0.05) is 19.4 Å². The molecule has 0 heterocycles.